The molecule has 7 heteroatoms. The number of benzene rings is 1. The topological polar surface area (TPSA) is 82.3 Å². The minimum Gasteiger partial charge on any atom is -0.338 e. The number of halogens is 1. The largest absolute Gasteiger partial charge is 0.338 e. The SMILES string of the molecule is CCNC(=O)Nc1cccc(NC(=O)CCC2CCNCC2)c1.Cl. The van der Waals surface area contributed by atoms with Crippen molar-refractivity contribution in [3.63, 3.8) is 0 Å². The molecule has 3 amide bonds. The van der Waals surface area contributed by atoms with Crippen LogP contribution in [0.4, 0.5) is 16.2 Å². The highest BCUT2D eigenvalue weighted by molar-refractivity contribution is 5.93. The molecule has 134 valence electrons. The van der Waals surface area contributed by atoms with Gasteiger partial charge >= 0.3 is 6.03 Å². The summed E-state index contributed by atoms with van der Waals surface area (Å²) in [5.41, 5.74) is 1.36. The van der Waals surface area contributed by atoms with E-state index in [0.29, 0.717) is 30.3 Å². The van der Waals surface area contributed by atoms with Gasteiger partial charge in [-0.3, -0.25) is 4.79 Å². The maximum Gasteiger partial charge on any atom is 0.319 e. The van der Waals surface area contributed by atoms with Gasteiger partial charge in [-0.25, -0.2) is 4.79 Å². The van der Waals surface area contributed by atoms with Crippen LogP contribution in [-0.2, 0) is 4.79 Å². The number of carbonyl (C=O) groups is 2. The fourth-order valence-corrected chi connectivity index (χ4v) is 2.74. The molecule has 0 saturated carbocycles. The van der Waals surface area contributed by atoms with Crippen LogP contribution in [0, 0.1) is 5.92 Å². The molecule has 24 heavy (non-hydrogen) atoms. The van der Waals surface area contributed by atoms with E-state index in [1.54, 1.807) is 12.1 Å². The summed E-state index contributed by atoms with van der Waals surface area (Å²) in [5.74, 6) is 0.673. The molecule has 0 atom stereocenters. The smallest absolute Gasteiger partial charge is 0.319 e. The van der Waals surface area contributed by atoms with E-state index in [-0.39, 0.29) is 24.3 Å². The van der Waals surface area contributed by atoms with Crippen LogP contribution in [-0.4, -0.2) is 31.6 Å². The average Bonchev–Trinajstić information content (AvgIpc) is 2.54. The molecule has 0 aromatic heterocycles. The average molecular weight is 355 g/mol. The second-order valence-corrected chi connectivity index (χ2v) is 5.85. The van der Waals surface area contributed by atoms with E-state index in [1.807, 2.05) is 19.1 Å². The van der Waals surface area contributed by atoms with Gasteiger partial charge in [-0.05, 0) is 63.4 Å². The molecule has 1 aliphatic heterocycles. The van der Waals surface area contributed by atoms with Gasteiger partial charge in [-0.1, -0.05) is 6.07 Å². The standard InChI is InChI=1S/C17H26N4O2.ClH/c1-2-19-17(23)21-15-5-3-4-14(12-15)20-16(22)7-6-13-8-10-18-11-9-13;/h3-5,12-13,18H,2,6-11H2,1H3,(H,20,22)(H2,19,21,23);1H. The first-order valence-electron chi connectivity index (χ1n) is 8.33. The Morgan fingerprint density at radius 2 is 1.83 bits per heavy atom. The number of carbonyl (C=O) groups excluding carboxylic acids is 2. The normalized spacial score (nSPS) is 14.4. The molecule has 0 spiro atoms. The van der Waals surface area contributed by atoms with Crippen LogP contribution in [0.1, 0.15) is 32.6 Å². The summed E-state index contributed by atoms with van der Waals surface area (Å²) < 4.78 is 0. The fraction of sp³-hybridized carbons (Fsp3) is 0.529. The van der Waals surface area contributed by atoms with Crippen molar-refractivity contribution in [2.24, 2.45) is 5.92 Å². The molecule has 1 heterocycles. The van der Waals surface area contributed by atoms with Gasteiger partial charge in [0.15, 0.2) is 0 Å². The van der Waals surface area contributed by atoms with Crippen molar-refractivity contribution in [3.8, 4) is 0 Å². The van der Waals surface area contributed by atoms with Gasteiger partial charge < -0.3 is 21.3 Å². The van der Waals surface area contributed by atoms with Crippen LogP contribution < -0.4 is 21.3 Å². The Morgan fingerprint density at radius 3 is 2.50 bits per heavy atom. The number of piperidine rings is 1. The van der Waals surface area contributed by atoms with Crippen LogP contribution in [0.5, 0.6) is 0 Å². The van der Waals surface area contributed by atoms with Crippen molar-refractivity contribution in [1.29, 1.82) is 0 Å². The molecule has 2 rings (SSSR count). The summed E-state index contributed by atoms with van der Waals surface area (Å²) in [6.45, 7) is 4.54. The highest BCUT2D eigenvalue weighted by Crippen LogP contribution is 2.19. The van der Waals surface area contributed by atoms with Gasteiger partial charge in [0, 0.05) is 24.3 Å². The van der Waals surface area contributed by atoms with Gasteiger partial charge in [0.2, 0.25) is 5.91 Å². The third kappa shape index (κ3) is 7.19. The maximum atomic E-state index is 12.1. The lowest BCUT2D eigenvalue weighted by molar-refractivity contribution is -0.116. The van der Waals surface area contributed by atoms with Crippen molar-refractivity contribution in [2.75, 3.05) is 30.3 Å². The Bertz CT molecular complexity index is 533. The summed E-state index contributed by atoms with van der Waals surface area (Å²) in [5, 5.41) is 11.6. The van der Waals surface area contributed by atoms with Crippen molar-refractivity contribution in [2.45, 2.75) is 32.6 Å². The van der Waals surface area contributed by atoms with E-state index in [0.717, 1.165) is 32.4 Å². The molecule has 1 aromatic carbocycles. The molecule has 0 radical (unpaired) electrons. The minimum absolute atomic E-state index is 0. The molecule has 0 aliphatic carbocycles. The molecule has 1 aromatic rings. The van der Waals surface area contributed by atoms with Crippen LogP contribution in [0.2, 0.25) is 0 Å². The molecule has 0 bridgehead atoms. The maximum absolute atomic E-state index is 12.1. The zero-order chi connectivity index (χ0) is 16.5. The van der Waals surface area contributed by atoms with E-state index in [4.69, 9.17) is 0 Å². The molecule has 1 fully saturated rings. The number of rotatable bonds is 6. The Balaban J connectivity index is 0.00000288. The van der Waals surface area contributed by atoms with Crippen molar-refractivity contribution < 1.29 is 9.59 Å². The third-order valence-corrected chi connectivity index (χ3v) is 3.98. The van der Waals surface area contributed by atoms with Gasteiger partial charge in [-0.15, -0.1) is 12.4 Å². The van der Waals surface area contributed by atoms with Gasteiger partial charge in [0.25, 0.3) is 0 Å². The van der Waals surface area contributed by atoms with Gasteiger partial charge in [-0.2, -0.15) is 0 Å². The zero-order valence-electron chi connectivity index (χ0n) is 14.1. The minimum atomic E-state index is -0.248. The molecule has 1 saturated heterocycles. The first-order valence-corrected chi connectivity index (χ1v) is 8.33. The number of amides is 3. The first-order chi connectivity index (χ1) is 11.2. The monoisotopic (exact) mass is 354 g/mol. The van der Waals surface area contributed by atoms with Crippen molar-refractivity contribution in [3.05, 3.63) is 24.3 Å². The van der Waals surface area contributed by atoms with E-state index in [1.165, 1.54) is 0 Å². The number of hydrogen-bond donors (Lipinski definition) is 4. The summed E-state index contributed by atoms with van der Waals surface area (Å²) in [6, 6.07) is 6.94. The highest BCUT2D eigenvalue weighted by atomic mass is 35.5. The van der Waals surface area contributed by atoms with E-state index >= 15 is 0 Å². The first kappa shape index (κ1) is 20.3. The number of nitrogens with one attached hydrogen (secondary N) is 4. The van der Waals surface area contributed by atoms with Gasteiger partial charge in [0.1, 0.15) is 0 Å². The quantitative estimate of drug-likeness (QED) is 0.634. The third-order valence-electron chi connectivity index (χ3n) is 3.98. The summed E-state index contributed by atoms with van der Waals surface area (Å²) in [4.78, 5) is 23.6. The molecular formula is C17H27ClN4O2. The van der Waals surface area contributed by atoms with Crippen LogP contribution in [0.15, 0.2) is 24.3 Å². The molecule has 0 unspecified atom stereocenters. The van der Waals surface area contributed by atoms with E-state index in [2.05, 4.69) is 21.3 Å². The molecule has 6 nitrogen and oxygen atoms in total. The molecule has 1 aliphatic rings. The Kier molecular flexibility index (Phi) is 9.19. The van der Waals surface area contributed by atoms with Crippen LogP contribution in [0.25, 0.3) is 0 Å². The molecular weight excluding hydrogens is 328 g/mol. The summed E-state index contributed by atoms with van der Waals surface area (Å²) >= 11 is 0. The predicted octanol–water partition coefficient (Wildman–Crippen LogP) is 2.97. The Hall–Kier alpha value is -1.79. The van der Waals surface area contributed by atoms with Crippen molar-refractivity contribution >= 4 is 35.7 Å². The fourth-order valence-electron chi connectivity index (χ4n) is 2.74. The highest BCUT2D eigenvalue weighted by Gasteiger charge is 2.14. The Labute approximate surface area is 149 Å². The predicted molar refractivity (Wildman–Crippen MR) is 99.8 cm³/mol. The van der Waals surface area contributed by atoms with E-state index in [9.17, 15) is 9.59 Å². The summed E-state index contributed by atoms with van der Waals surface area (Å²) in [7, 11) is 0. The summed E-state index contributed by atoms with van der Waals surface area (Å²) in [6.07, 6.45) is 3.78. The number of hydrogen-bond acceptors (Lipinski definition) is 3. The Morgan fingerprint density at radius 1 is 1.17 bits per heavy atom. The van der Waals surface area contributed by atoms with Crippen molar-refractivity contribution in [1.82, 2.24) is 10.6 Å². The zero-order valence-corrected chi connectivity index (χ0v) is 14.9. The number of anilines is 2. The lowest BCUT2D eigenvalue weighted by atomic mass is 9.93. The lowest BCUT2D eigenvalue weighted by Crippen LogP contribution is -2.28. The van der Waals surface area contributed by atoms with E-state index < -0.39 is 0 Å². The second kappa shape index (κ2) is 10.9. The van der Waals surface area contributed by atoms with Gasteiger partial charge in [0.05, 0.1) is 0 Å². The number of urea groups is 1. The molecule has 4 N–H and O–H groups in total. The lowest BCUT2D eigenvalue weighted by Gasteiger charge is -2.22. The second-order valence-electron chi connectivity index (χ2n) is 5.85. The van der Waals surface area contributed by atoms with Crippen LogP contribution >= 0.6 is 12.4 Å². The van der Waals surface area contributed by atoms with Crippen LogP contribution in [0.3, 0.4) is 0 Å².